The van der Waals surface area contributed by atoms with Crippen molar-refractivity contribution in [3.63, 3.8) is 0 Å². The van der Waals surface area contributed by atoms with E-state index in [1.807, 2.05) is 0 Å². The van der Waals surface area contributed by atoms with E-state index in [9.17, 15) is 19.2 Å². The molecule has 2 aliphatic rings. The highest BCUT2D eigenvalue weighted by molar-refractivity contribution is 5.87. The standard InChI is InChI=1S/C13H18O4.C11H12O4.C11H12O3.C10H12O4.C10H10O4.C10H10O3/c1-2-13(7-15-8-13)9-16-10-17-12-5-3-11(14)4-6-12;1-8(2)11(13)15-7-14-10-5-3-9(12)4-6-10;1-8(2)11(13)14-7-9-3-5-10(12)6-4-9;11-8-1-3-9(4-2-8)14-7-12-5-10-6-13-10;1-2-10(12)14-7-13-9-5-3-8(11)4-6-9;1-2-10(12)13-7-8-3-5-9(11)6-4-8/h3-6,14H,2,7-10H2,1H3;3-6,12H,1,7H2,2H3;3-6,12H,1,7H2,2H3;1-4,10-11H,5-7H2;2-6,11H,1,7H2;2-6,11H,1,7H2. The maximum atomic E-state index is 11.0. The van der Waals surface area contributed by atoms with Crippen LogP contribution in [0.5, 0.6) is 57.5 Å². The molecule has 22 nitrogen and oxygen atoms in total. The predicted molar refractivity (Wildman–Crippen MR) is 318 cm³/mol. The third kappa shape index (κ3) is 32.6. The smallest absolute Gasteiger partial charge is 0.335 e. The normalized spacial score (nSPS) is 12.5. The van der Waals surface area contributed by atoms with Gasteiger partial charge in [0, 0.05) is 28.7 Å². The second-order valence-electron chi connectivity index (χ2n) is 18.4. The fourth-order valence-electron chi connectivity index (χ4n) is 5.93. The first-order chi connectivity index (χ1) is 41.7. The maximum Gasteiger partial charge on any atom is 0.335 e. The van der Waals surface area contributed by atoms with Crippen LogP contribution < -0.4 is 18.9 Å². The van der Waals surface area contributed by atoms with Crippen LogP contribution in [0.15, 0.2) is 195 Å². The largest absolute Gasteiger partial charge is 0.508 e. The molecule has 0 amide bonds. The zero-order valence-electron chi connectivity index (χ0n) is 48.6. The molecular weight excluding hydrogens is 1130 g/mol. The van der Waals surface area contributed by atoms with Crippen LogP contribution in [0.25, 0.3) is 0 Å². The van der Waals surface area contributed by atoms with E-state index in [2.05, 4.69) is 38.0 Å². The van der Waals surface area contributed by atoms with E-state index in [1.54, 1.807) is 123 Å². The van der Waals surface area contributed by atoms with Gasteiger partial charge in [0.1, 0.15) is 76.8 Å². The maximum absolute atomic E-state index is 11.0. The van der Waals surface area contributed by atoms with Crippen molar-refractivity contribution in [2.45, 2.75) is 46.5 Å². The van der Waals surface area contributed by atoms with E-state index in [4.69, 9.17) is 82.7 Å². The lowest BCUT2D eigenvalue weighted by atomic mass is 9.84. The molecule has 87 heavy (non-hydrogen) atoms. The Bertz CT molecular complexity index is 2980. The third-order valence-corrected chi connectivity index (χ3v) is 11.1. The summed E-state index contributed by atoms with van der Waals surface area (Å²) in [6.07, 6.45) is 3.49. The molecule has 6 N–H and O–H groups in total. The summed E-state index contributed by atoms with van der Waals surface area (Å²) in [5, 5.41) is 54.0. The number of esters is 4. The highest BCUT2D eigenvalue weighted by atomic mass is 16.7. The minimum Gasteiger partial charge on any atom is -0.508 e. The zero-order chi connectivity index (χ0) is 63.8. The second-order valence-corrected chi connectivity index (χ2v) is 18.4. The van der Waals surface area contributed by atoms with E-state index in [0.29, 0.717) is 47.4 Å². The molecule has 0 aliphatic carbocycles. The fraction of sp³-hybridized carbons (Fsp3) is 0.262. The van der Waals surface area contributed by atoms with Gasteiger partial charge in [-0.05, 0) is 153 Å². The van der Waals surface area contributed by atoms with Crippen molar-refractivity contribution >= 4 is 23.9 Å². The van der Waals surface area contributed by atoms with Crippen molar-refractivity contribution < 1.29 is 107 Å². The van der Waals surface area contributed by atoms with Crippen molar-refractivity contribution in [3.05, 3.63) is 206 Å². The van der Waals surface area contributed by atoms with Crippen LogP contribution >= 0.6 is 0 Å². The summed E-state index contributed by atoms with van der Waals surface area (Å²) in [7, 11) is 0. The Balaban J connectivity index is 0.000000274. The molecular formula is C65H74O22. The van der Waals surface area contributed by atoms with Gasteiger partial charge in [0.05, 0.1) is 33.0 Å². The number of hydrogen-bond donors (Lipinski definition) is 6. The third-order valence-electron chi connectivity index (χ3n) is 11.1. The Morgan fingerprint density at radius 2 is 0.805 bits per heavy atom. The molecule has 22 heteroatoms. The van der Waals surface area contributed by atoms with E-state index in [0.717, 1.165) is 49.5 Å². The SMILES string of the molecule is C=C(C)C(=O)OCOc1ccc(O)cc1.C=C(C)C(=O)OCc1ccc(O)cc1.C=CC(=O)OCOc1ccc(O)cc1.C=CC(=O)OCc1ccc(O)cc1.CCC1(COCOc2ccc(O)cc2)COC1.Oc1ccc(OCOCC2CO2)cc1. The van der Waals surface area contributed by atoms with Crippen LogP contribution in [0.1, 0.15) is 38.3 Å². The number of phenolic OH excluding ortho intramolecular Hbond substituents is 6. The molecule has 6 aromatic carbocycles. The van der Waals surface area contributed by atoms with Crippen LogP contribution in [-0.4, -0.2) is 121 Å². The number of carbonyl (C=O) groups excluding carboxylic acids is 4. The summed E-state index contributed by atoms with van der Waals surface area (Å²) in [4.78, 5) is 43.2. The monoisotopic (exact) mass is 1210 g/mol. The molecule has 8 rings (SSSR count). The first kappa shape index (κ1) is 71.3. The van der Waals surface area contributed by atoms with Crippen molar-refractivity contribution in [1.29, 1.82) is 0 Å². The molecule has 2 fully saturated rings. The highest BCUT2D eigenvalue weighted by Crippen LogP contribution is 2.31. The molecule has 1 atom stereocenters. The number of rotatable bonds is 25. The van der Waals surface area contributed by atoms with Crippen LogP contribution in [0, 0.1) is 5.41 Å². The van der Waals surface area contributed by atoms with Crippen molar-refractivity contribution in [2.75, 3.05) is 60.2 Å². The molecule has 0 saturated carbocycles. The molecule has 2 heterocycles. The first-order valence-electron chi connectivity index (χ1n) is 26.5. The van der Waals surface area contributed by atoms with Gasteiger partial charge in [-0.1, -0.05) is 57.5 Å². The van der Waals surface area contributed by atoms with Gasteiger partial charge >= 0.3 is 23.9 Å². The molecule has 2 aliphatic heterocycles. The van der Waals surface area contributed by atoms with Crippen LogP contribution in [0.2, 0.25) is 0 Å². The summed E-state index contributed by atoms with van der Waals surface area (Å²) in [6, 6.07) is 38.2. The topological polar surface area (TPSA) is 304 Å². The number of aromatic hydroxyl groups is 6. The van der Waals surface area contributed by atoms with Gasteiger partial charge < -0.3 is 87.5 Å². The zero-order valence-corrected chi connectivity index (χ0v) is 48.6. The van der Waals surface area contributed by atoms with E-state index in [-0.39, 0.29) is 86.4 Å². The second kappa shape index (κ2) is 40.3. The highest BCUT2D eigenvalue weighted by Gasteiger charge is 2.37. The molecule has 0 radical (unpaired) electrons. The Labute approximate surface area is 504 Å². The van der Waals surface area contributed by atoms with Gasteiger partial charge in [-0.2, -0.15) is 0 Å². The first-order valence-corrected chi connectivity index (χ1v) is 26.5. The average molecular weight is 1210 g/mol. The Morgan fingerprint density at radius 3 is 1.14 bits per heavy atom. The summed E-state index contributed by atoms with van der Waals surface area (Å²) in [5.41, 5.74) is 2.55. The summed E-state index contributed by atoms with van der Waals surface area (Å²) >= 11 is 0. The Morgan fingerprint density at radius 1 is 0.483 bits per heavy atom. The number of ether oxygens (including phenoxy) is 12. The Kier molecular flexibility index (Phi) is 33.0. The van der Waals surface area contributed by atoms with E-state index in [1.165, 1.54) is 36.4 Å². The number of hydrogen-bond acceptors (Lipinski definition) is 22. The molecule has 0 spiro atoms. The van der Waals surface area contributed by atoms with Gasteiger partial charge in [0.2, 0.25) is 13.6 Å². The lowest BCUT2D eigenvalue weighted by Crippen LogP contribution is -2.45. The summed E-state index contributed by atoms with van der Waals surface area (Å²) < 4.78 is 60.6. The number of phenols is 6. The molecule has 0 aromatic heterocycles. The van der Waals surface area contributed by atoms with Gasteiger partial charge in [0.15, 0.2) is 13.6 Å². The molecule has 6 aromatic rings. The minimum absolute atomic E-state index is 0.153. The number of benzene rings is 6. The molecule has 0 bridgehead atoms. The average Bonchev–Trinajstić information content (AvgIpc) is 4.26. The fourth-order valence-corrected chi connectivity index (χ4v) is 5.93. The van der Waals surface area contributed by atoms with Crippen LogP contribution in [0.4, 0.5) is 0 Å². The van der Waals surface area contributed by atoms with Gasteiger partial charge in [-0.15, -0.1) is 0 Å². The molecule has 1 unspecified atom stereocenters. The lowest BCUT2D eigenvalue weighted by Gasteiger charge is -2.40. The summed E-state index contributed by atoms with van der Waals surface area (Å²) in [5.74, 6) is 1.67. The van der Waals surface area contributed by atoms with E-state index >= 15 is 0 Å². The van der Waals surface area contributed by atoms with Crippen LogP contribution in [-0.2, 0) is 70.3 Å². The van der Waals surface area contributed by atoms with Crippen molar-refractivity contribution in [3.8, 4) is 57.5 Å². The summed E-state index contributed by atoms with van der Waals surface area (Å²) in [6.45, 7) is 22.8. The molecule has 2 saturated heterocycles. The van der Waals surface area contributed by atoms with Crippen molar-refractivity contribution in [1.82, 2.24) is 0 Å². The van der Waals surface area contributed by atoms with Crippen molar-refractivity contribution in [2.24, 2.45) is 5.41 Å². The van der Waals surface area contributed by atoms with Gasteiger partial charge in [-0.3, -0.25) is 0 Å². The Hall–Kier alpha value is -10.0. The van der Waals surface area contributed by atoms with Gasteiger partial charge in [-0.25, -0.2) is 19.2 Å². The van der Waals surface area contributed by atoms with Gasteiger partial charge in [0.25, 0.3) is 0 Å². The number of epoxide rings is 1. The number of carbonyl (C=O) groups is 4. The lowest BCUT2D eigenvalue weighted by molar-refractivity contribution is -0.162. The van der Waals surface area contributed by atoms with Crippen LogP contribution in [0.3, 0.4) is 0 Å². The minimum atomic E-state index is -0.538. The molecule has 466 valence electrons. The quantitative estimate of drug-likeness (QED) is 0.00775. The van der Waals surface area contributed by atoms with E-state index < -0.39 is 23.9 Å². The predicted octanol–water partition coefficient (Wildman–Crippen LogP) is 10.3.